The Bertz CT molecular complexity index is 743. The third-order valence-corrected chi connectivity index (χ3v) is 7.11. The summed E-state index contributed by atoms with van der Waals surface area (Å²) in [5, 5.41) is 14.5. The molecule has 3 N–H and O–H groups in total. The van der Waals surface area contributed by atoms with Gasteiger partial charge in [0.2, 0.25) is 0 Å². The summed E-state index contributed by atoms with van der Waals surface area (Å²) in [6.07, 6.45) is 2.68. The molecule has 2 aliphatic heterocycles. The zero-order chi connectivity index (χ0) is 26.6. The number of ether oxygens (including phenoxy) is 1. The maximum absolute atomic E-state index is 10.6. The molecule has 0 saturated carbocycles. The zero-order valence-electron chi connectivity index (χ0n) is 21.9. The summed E-state index contributed by atoms with van der Waals surface area (Å²) in [7, 11) is 0. The molecule has 4 unspecified atom stereocenters. The summed E-state index contributed by atoms with van der Waals surface area (Å²) in [4.78, 5) is 11.4. The van der Waals surface area contributed by atoms with Crippen LogP contribution in [-0.4, -0.2) is 73.6 Å². The van der Waals surface area contributed by atoms with Crippen molar-refractivity contribution in [1.29, 1.82) is 0 Å². The normalized spacial score (nSPS) is 23.9. The third-order valence-electron chi connectivity index (χ3n) is 7.11. The highest BCUT2D eigenvalue weighted by Gasteiger charge is 2.38. The molecule has 1 aromatic rings. The Labute approximate surface area is 214 Å². The predicted octanol–water partition coefficient (Wildman–Crippen LogP) is 4.73. The van der Waals surface area contributed by atoms with Crippen LogP contribution in [0.5, 0.6) is 5.75 Å². The smallest absolute Gasteiger partial charge is 0.490 e. The lowest BCUT2D eigenvalue weighted by molar-refractivity contribution is -0.192. The zero-order valence-corrected chi connectivity index (χ0v) is 21.9. The number of nitrogens with zero attached hydrogens (tertiary/aromatic N) is 1. The Morgan fingerprint density at radius 2 is 1.81 bits per heavy atom. The summed E-state index contributed by atoms with van der Waals surface area (Å²) < 4.78 is 37.7. The molecule has 3 rings (SSSR count). The van der Waals surface area contributed by atoms with Crippen LogP contribution in [0, 0.1) is 11.8 Å². The van der Waals surface area contributed by atoms with Gasteiger partial charge in [-0.1, -0.05) is 38.8 Å². The average molecular weight is 516 g/mol. The summed E-state index contributed by atoms with van der Waals surface area (Å²) in [5.41, 5.74) is 1.38. The Kier molecular flexibility index (Phi) is 13.0. The number of benzene rings is 1. The van der Waals surface area contributed by atoms with Gasteiger partial charge in [-0.05, 0) is 75.2 Å². The van der Waals surface area contributed by atoms with Gasteiger partial charge in [0.05, 0.1) is 0 Å². The van der Waals surface area contributed by atoms with E-state index >= 15 is 0 Å². The number of nitrogens with one attached hydrogen (secondary N) is 2. The number of rotatable bonds is 10. The molecule has 2 saturated heterocycles. The number of hydrogen-bond acceptors (Lipinski definition) is 5. The van der Waals surface area contributed by atoms with E-state index in [1.807, 2.05) is 0 Å². The number of carbonyl (C=O) groups is 1. The van der Waals surface area contributed by atoms with E-state index in [0.29, 0.717) is 12.1 Å². The number of hydrogen-bond donors (Lipinski definition) is 3. The fraction of sp³-hybridized carbons (Fsp3) is 0.741. The molecule has 36 heavy (non-hydrogen) atoms. The van der Waals surface area contributed by atoms with Gasteiger partial charge in [-0.15, -0.1) is 0 Å². The molecule has 0 radical (unpaired) electrons. The van der Waals surface area contributed by atoms with E-state index in [1.165, 1.54) is 57.3 Å². The number of aliphatic carboxylic acids is 1. The first kappa shape index (κ1) is 30.4. The number of alkyl halides is 3. The molecular weight excluding hydrogens is 471 g/mol. The standard InChI is InChI=1S/C25H43N3O.C2HF3O2/c1-20-18-28(19-21(20)2)15-16-29-25-10-8-23(9-11-25)12-14-26-22(3)17-24-7-5-4-6-13-27-24;3-2(4,5)1(6)7/h8-11,20-22,24,26-27H,4-7,12-19H2,1-3H3;(H,6,7). The maximum atomic E-state index is 10.6. The fourth-order valence-electron chi connectivity index (χ4n) is 4.75. The van der Waals surface area contributed by atoms with Crippen LogP contribution in [0.3, 0.4) is 0 Å². The van der Waals surface area contributed by atoms with Crippen LogP contribution >= 0.6 is 0 Å². The van der Waals surface area contributed by atoms with Gasteiger partial charge in [0.25, 0.3) is 0 Å². The van der Waals surface area contributed by atoms with Crippen molar-refractivity contribution in [3.63, 3.8) is 0 Å². The van der Waals surface area contributed by atoms with Crippen molar-refractivity contribution < 1.29 is 27.8 Å². The van der Waals surface area contributed by atoms with Gasteiger partial charge in [-0.2, -0.15) is 13.2 Å². The highest BCUT2D eigenvalue weighted by Crippen LogP contribution is 2.22. The van der Waals surface area contributed by atoms with E-state index in [9.17, 15) is 13.2 Å². The Hall–Kier alpha value is -1.84. The summed E-state index contributed by atoms with van der Waals surface area (Å²) in [6, 6.07) is 9.96. The van der Waals surface area contributed by atoms with Gasteiger partial charge in [0.1, 0.15) is 12.4 Å². The van der Waals surface area contributed by atoms with Gasteiger partial charge >= 0.3 is 12.1 Å². The van der Waals surface area contributed by atoms with E-state index in [-0.39, 0.29) is 0 Å². The van der Waals surface area contributed by atoms with Crippen LogP contribution in [0.15, 0.2) is 24.3 Å². The molecule has 0 spiro atoms. The Balaban J connectivity index is 0.000000572. The quantitative estimate of drug-likeness (QED) is 0.419. The van der Waals surface area contributed by atoms with Crippen molar-refractivity contribution in [3.05, 3.63) is 29.8 Å². The van der Waals surface area contributed by atoms with E-state index in [0.717, 1.165) is 43.7 Å². The summed E-state index contributed by atoms with van der Waals surface area (Å²) in [6.45, 7) is 13.5. The van der Waals surface area contributed by atoms with Crippen LogP contribution in [0.4, 0.5) is 13.2 Å². The molecule has 0 bridgehead atoms. The molecule has 1 aromatic carbocycles. The Morgan fingerprint density at radius 3 is 2.42 bits per heavy atom. The van der Waals surface area contributed by atoms with Gasteiger partial charge in [-0.3, -0.25) is 4.90 Å². The number of likely N-dealkylation sites (tertiary alicyclic amines) is 1. The predicted molar refractivity (Wildman–Crippen MR) is 136 cm³/mol. The lowest BCUT2D eigenvalue weighted by atomic mass is 10.0. The number of carboxylic acids is 1. The Morgan fingerprint density at radius 1 is 1.17 bits per heavy atom. The topological polar surface area (TPSA) is 73.8 Å². The monoisotopic (exact) mass is 515 g/mol. The van der Waals surface area contributed by atoms with Crippen LogP contribution in [0.1, 0.15) is 58.4 Å². The maximum Gasteiger partial charge on any atom is 0.490 e. The van der Waals surface area contributed by atoms with Crippen molar-refractivity contribution in [2.75, 3.05) is 39.3 Å². The van der Waals surface area contributed by atoms with E-state index < -0.39 is 12.1 Å². The summed E-state index contributed by atoms with van der Waals surface area (Å²) >= 11 is 0. The average Bonchev–Trinajstić information content (AvgIpc) is 2.98. The van der Waals surface area contributed by atoms with E-state index in [2.05, 4.69) is 60.6 Å². The minimum Gasteiger partial charge on any atom is -0.492 e. The largest absolute Gasteiger partial charge is 0.492 e. The molecule has 0 amide bonds. The van der Waals surface area contributed by atoms with Crippen LogP contribution in [0.2, 0.25) is 0 Å². The molecule has 4 atom stereocenters. The van der Waals surface area contributed by atoms with Crippen LogP contribution in [-0.2, 0) is 11.2 Å². The van der Waals surface area contributed by atoms with Crippen molar-refractivity contribution >= 4 is 5.97 Å². The summed E-state index contributed by atoms with van der Waals surface area (Å²) in [5.74, 6) is -0.134. The first-order valence-electron chi connectivity index (χ1n) is 13.3. The van der Waals surface area contributed by atoms with Crippen molar-refractivity contribution in [2.24, 2.45) is 11.8 Å². The van der Waals surface area contributed by atoms with Crippen molar-refractivity contribution in [2.45, 2.75) is 77.6 Å². The third kappa shape index (κ3) is 11.9. The SMILES string of the molecule is CC(CC1CCCCCN1)NCCc1ccc(OCCN2CC(C)C(C)C2)cc1.O=C(O)C(F)(F)F. The van der Waals surface area contributed by atoms with E-state index in [4.69, 9.17) is 14.6 Å². The molecule has 6 nitrogen and oxygen atoms in total. The molecule has 2 fully saturated rings. The molecule has 2 heterocycles. The van der Waals surface area contributed by atoms with Gasteiger partial charge in [-0.25, -0.2) is 4.79 Å². The lowest BCUT2D eigenvalue weighted by Crippen LogP contribution is -2.37. The first-order valence-corrected chi connectivity index (χ1v) is 13.3. The second-order valence-corrected chi connectivity index (χ2v) is 10.4. The van der Waals surface area contributed by atoms with Gasteiger partial charge in [0, 0.05) is 31.7 Å². The number of carboxylic acid groups (broad SMARTS) is 1. The number of halogens is 3. The lowest BCUT2D eigenvalue weighted by Gasteiger charge is -2.21. The minimum atomic E-state index is -5.08. The first-order chi connectivity index (χ1) is 17.0. The second-order valence-electron chi connectivity index (χ2n) is 10.4. The highest BCUT2D eigenvalue weighted by molar-refractivity contribution is 5.73. The second kappa shape index (κ2) is 15.4. The van der Waals surface area contributed by atoms with Gasteiger partial charge in [0.15, 0.2) is 0 Å². The van der Waals surface area contributed by atoms with Crippen LogP contribution < -0.4 is 15.4 Å². The molecular formula is C27H44F3N3O3. The van der Waals surface area contributed by atoms with E-state index in [1.54, 1.807) is 0 Å². The van der Waals surface area contributed by atoms with Crippen molar-refractivity contribution in [3.8, 4) is 5.75 Å². The van der Waals surface area contributed by atoms with Crippen LogP contribution in [0.25, 0.3) is 0 Å². The molecule has 0 aliphatic carbocycles. The molecule has 2 aliphatic rings. The highest BCUT2D eigenvalue weighted by atomic mass is 19.4. The molecule has 0 aromatic heterocycles. The van der Waals surface area contributed by atoms with Crippen molar-refractivity contribution in [1.82, 2.24) is 15.5 Å². The fourth-order valence-corrected chi connectivity index (χ4v) is 4.75. The minimum absolute atomic E-state index is 0.573. The molecule has 9 heteroatoms. The van der Waals surface area contributed by atoms with Gasteiger partial charge < -0.3 is 20.5 Å². The molecule has 206 valence electrons.